The summed E-state index contributed by atoms with van der Waals surface area (Å²) >= 11 is 0. The fraction of sp³-hybridized carbons (Fsp3) is 1.00. The SMILES string of the molecule is CC(C)N1CC2C3C2C31. The summed E-state index contributed by atoms with van der Waals surface area (Å²) in [7, 11) is 0. The van der Waals surface area contributed by atoms with Crippen LogP contribution < -0.4 is 0 Å². The molecule has 4 fully saturated rings. The van der Waals surface area contributed by atoms with E-state index in [1.54, 1.807) is 0 Å². The first kappa shape index (κ1) is 4.73. The maximum atomic E-state index is 2.68. The van der Waals surface area contributed by atoms with E-state index in [1.165, 1.54) is 18.4 Å². The first-order valence-corrected chi connectivity index (χ1v) is 4.06. The number of rotatable bonds is 1. The van der Waals surface area contributed by atoms with Crippen LogP contribution in [0.25, 0.3) is 0 Å². The van der Waals surface area contributed by atoms with Gasteiger partial charge in [0, 0.05) is 18.6 Å². The average Bonchev–Trinajstić information content (AvgIpc) is 2.57. The summed E-state index contributed by atoms with van der Waals surface area (Å²) in [5.41, 5.74) is 0. The molecular formula is C8H13N. The summed E-state index contributed by atoms with van der Waals surface area (Å²) in [5, 5.41) is 0. The van der Waals surface area contributed by atoms with Crippen molar-refractivity contribution in [2.24, 2.45) is 17.8 Å². The highest BCUT2D eigenvalue weighted by molar-refractivity contribution is 5.31. The molecule has 2 aliphatic heterocycles. The lowest BCUT2D eigenvalue weighted by Gasteiger charge is -2.19. The Morgan fingerprint density at radius 3 is 2.22 bits per heavy atom. The molecule has 0 aromatic rings. The largest absolute Gasteiger partial charge is 0.297 e. The Kier molecular flexibility index (Phi) is 0.563. The van der Waals surface area contributed by atoms with Gasteiger partial charge in [0.2, 0.25) is 0 Å². The topological polar surface area (TPSA) is 3.24 Å². The minimum atomic E-state index is 0.815. The summed E-state index contributed by atoms with van der Waals surface area (Å²) < 4.78 is 0. The van der Waals surface area contributed by atoms with Crippen molar-refractivity contribution >= 4 is 0 Å². The van der Waals surface area contributed by atoms with Crippen molar-refractivity contribution in [3.63, 3.8) is 0 Å². The predicted octanol–water partition coefficient (Wildman–Crippen LogP) is 0.955. The second-order valence-corrected chi connectivity index (χ2v) is 4.10. The van der Waals surface area contributed by atoms with Crippen LogP contribution >= 0.6 is 0 Å². The van der Waals surface area contributed by atoms with Gasteiger partial charge in [-0.3, -0.25) is 4.90 Å². The van der Waals surface area contributed by atoms with Gasteiger partial charge in [-0.25, -0.2) is 0 Å². The molecule has 50 valence electrons. The molecule has 4 rings (SSSR count). The third-order valence-electron chi connectivity index (χ3n) is 3.41. The minimum absolute atomic E-state index is 0.815. The maximum absolute atomic E-state index is 2.68. The number of hydrogen-bond donors (Lipinski definition) is 0. The molecule has 2 aliphatic carbocycles. The van der Waals surface area contributed by atoms with Crippen molar-refractivity contribution in [3.05, 3.63) is 0 Å². The Balaban J connectivity index is 1.82. The Morgan fingerprint density at radius 1 is 1.33 bits per heavy atom. The van der Waals surface area contributed by atoms with E-state index in [0.29, 0.717) is 0 Å². The van der Waals surface area contributed by atoms with E-state index in [-0.39, 0.29) is 0 Å². The predicted molar refractivity (Wildman–Crippen MR) is 36.1 cm³/mol. The lowest BCUT2D eigenvalue weighted by Crippen LogP contribution is -2.28. The molecule has 0 amide bonds. The first-order chi connectivity index (χ1) is 4.30. The zero-order valence-electron chi connectivity index (χ0n) is 6.04. The van der Waals surface area contributed by atoms with Crippen LogP contribution in [0.15, 0.2) is 0 Å². The molecule has 2 saturated heterocycles. The van der Waals surface area contributed by atoms with Crippen LogP contribution in [0.4, 0.5) is 0 Å². The van der Waals surface area contributed by atoms with E-state index in [2.05, 4.69) is 18.7 Å². The Bertz CT molecular complexity index is 147. The quantitative estimate of drug-likeness (QED) is 0.502. The van der Waals surface area contributed by atoms with Crippen LogP contribution in [0, 0.1) is 17.8 Å². The monoisotopic (exact) mass is 123 g/mol. The summed E-state index contributed by atoms with van der Waals surface area (Å²) in [5.74, 6) is 3.54. The van der Waals surface area contributed by atoms with Crippen LogP contribution in [0.1, 0.15) is 13.8 Å². The fourth-order valence-corrected chi connectivity index (χ4v) is 2.74. The third kappa shape index (κ3) is 0.362. The summed E-state index contributed by atoms with van der Waals surface area (Å²) in [6.07, 6.45) is 0. The van der Waals surface area contributed by atoms with Gasteiger partial charge < -0.3 is 0 Å². The summed E-state index contributed by atoms with van der Waals surface area (Å²) in [4.78, 5) is 2.68. The molecule has 0 spiro atoms. The molecule has 9 heavy (non-hydrogen) atoms. The van der Waals surface area contributed by atoms with Crippen molar-refractivity contribution in [2.45, 2.75) is 25.9 Å². The van der Waals surface area contributed by atoms with E-state index in [1.807, 2.05) is 0 Å². The van der Waals surface area contributed by atoms with Gasteiger partial charge in [-0.05, 0) is 31.6 Å². The lowest BCUT2D eigenvalue weighted by molar-refractivity contribution is 0.260. The lowest BCUT2D eigenvalue weighted by atomic mass is 10.2. The van der Waals surface area contributed by atoms with Crippen molar-refractivity contribution in [3.8, 4) is 0 Å². The Morgan fingerprint density at radius 2 is 2.00 bits per heavy atom. The average molecular weight is 123 g/mol. The Labute approximate surface area is 56.0 Å². The zero-order valence-corrected chi connectivity index (χ0v) is 6.04. The molecule has 1 heteroatoms. The molecular weight excluding hydrogens is 110 g/mol. The summed E-state index contributed by atoms with van der Waals surface area (Å²) in [6, 6.07) is 1.88. The van der Waals surface area contributed by atoms with Gasteiger partial charge in [-0.2, -0.15) is 0 Å². The van der Waals surface area contributed by atoms with E-state index in [0.717, 1.165) is 18.0 Å². The zero-order chi connectivity index (χ0) is 6.17. The third-order valence-corrected chi connectivity index (χ3v) is 3.41. The highest BCUT2D eigenvalue weighted by Gasteiger charge is 2.80. The van der Waals surface area contributed by atoms with E-state index in [4.69, 9.17) is 0 Å². The minimum Gasteiger partial charge on any atom is -0.297 e. The van der Waals surface area contributed by atoms with Gasteiger partial charge >= 0.3 is 0 Å². The number of piperidine rings is 1. The molecule has 0 radical (unpaired) electrons. The number of nitrogens with zero attached hydrogens (tertiary/aromatic N) is 1. The molecule has 2 unspecified atom stereocenters. The molecule has 4 aliphatic rings. The normalized spacial score (nSPS) is 60.3. The van der Waals surface area contributed by atoms with E-state index >= 15 is 0 Å². The smallest absolute Gasteiger partial charge is 0.0168 e. The van der Waals surface area contributed by atoms with Gasteiger partial charge in [0.05, 0.1) is 0 Å². The van der Waals surface area contributed by atoms with Crippen molar-refractivity contribution < 1.29 is 0 Å². The standard InChI is InChI=1S/C8H13N/c1-4(2)9-3-5-6-7(5)8(6)9/h4-8H,3H2,1-2H3. The number of hydrogen-bond acceptors (Lipinski definition) is 1. The molecule has 0 N–H and O–H groups in total. The van der Waals surface area contributed by atoms with Gasteiger partial charge in [-0.15, -0.1) is 0 Å². The van der Waals surface area contributed by atoms with Gasteiger partial charge in [0.15, 0.2) is 0 Å². The van der Waals surface area contributed by atoms with Crippen molar-refractivity contribution in [1.82, 2.24) is 4.90 Å². The molecule has 0 aromatic heterocycles. The van der Waals surface area contributed by atoms with E-state index < -0.39 is 0 Å². The highest BCUT2D eigenvalue weighted by Crippen LogP contribution is 2.75. The second kappa shape index (κ2) is 1.07. The molecule has 2 saturated carbocycles. The molecule has 0 aromatic carbocycles. The molecule has 2 heterocycles. The first-order valence-electron chi connectivity index (χ1n) is 4.06. The summed E-state index contributed by atoms with van der Waals surface area (Å²) in [6.45, 7) is 6.07. The molecule has 1 nitrogen and oxygen atoms in total. The highest BCUT2D eigenvalue weighted by atomic mass is 15.3. The number of fused-ring (bicyclic) bond motifs is 1. The van der Waals surface area contributed by atoms with Crippen molar-refractivity contribution in [2.75, 3.05) is 6.54 Å². The molecule has 2 bridgehead atoms. The maximum Gasteiger partial charge on any atom is 0.0168 e. The molecule has 2 atom stereocenters. The van der Waals surface area contributed by atoms with Crippen LogP contribution in [0.3, 0.4) is 0 Å². The van der Waals surface area contributed by atoms with Crippen LogP contribution in [-0.4, -0.2) is 23.5 Å². The van der Waals surface area contributed by atoms with Crippen LogP contribution in [-0.2, 0) is 0 Å². The van der Waals surface area contributed by atoms with Gasteiger partial charge in [-0.1, -0.05) is 0 Å². The van der Waals surface area contributed by atoms with Crippen molar-refractivity contribution in [1.29, 1.82) is 0 Å². The van der Waals surface area contributed by atoms with E-state index in [9.17, 15) is 0 Å². The van der Waals surface area contributed by atoms with Gasteiger partial charge in [0.1, 0.15) is 0 Å². The van der Waals surface area contributed by atoms with Gasteiger partial charge in [0.25, 0.3) is 0 Å². The van der Waals surface area contributed by atoms with Crippen LogP contribution in [0.2, 0.25) is 0 Å². The fourth-order valence-electron chi connectivity index (χ4n) is 2.74. The Hall–Kier alpha value is -0.0400. The second-order valence-electron chi connectivity index (χ2n) is 4.10. The van der Waals surface area contributed by atoms with Crippen LogP contribution in [0.5, 0.6) is 0 Å².